The molecule has 84 valence electrons. The van der Waals surface area contributed by atoms with Crippen LogP contribution in [0.3, 0.4) is 0 Å². The van der Waals surface area contributed by atoms with Crippen LogP contribution in [0.15, 0.2) is 10.5 Å². The molecule has 0 saturated heterocycles. The highest BCUT2D eigenvalue weighted by atomic mass is 79.9. The van der Waals surface area contributed by atoms with Gasteiger partial charge in [-0.1, -0.05) is 15.9 Å². The Kier molecular flexibility index (Phi) is 3.73. The van der Waals surface area contributed by atoms with Crippen LogP contribution in [0.1, 0.15) is 5.56 Å². The zero-order valence-corrected chi connectivity index (χ0v) is 9.86. The van der Waals surface area contributed by atoms with Crippen molar-refractivity contribution in [2.24, 2.45) is 0 Å². The topological polar surface area (TPSA) is 47.3 Å². The van der Waals surface area contributed by atoms with Gasteiger partial charge in [0, 0.05) is 11.5 Å². The molecule has 0 aromatic heterocycles. The smallest absolute Gasteiger partial charge is 0.387 e. The molecular weight excluding hydrogens is 270 g/mol. The minimum absolute atomic E-state index is 0.0301. The fourth-order valence-electron chi connectivity index (χ4n) is 1.19. The molecule has 15 heavy (non-hydrogen) atoms. The molecule has 0 heterocycles. The van der Waals surface area contributed by atoms with Gasteiger partial charge in [0.2, 0.25) is 0 Å². The lowest BCUT2D eigenvalue weighted by atomic mass is 10.1. The van der Waals surface area contributed by atoms with Gasteiger partial charge in [0.05, 0.1) is 5.69 Å². The molecule has 0 atom stereocenters. The minimum atomic E-state index is -2.87. The van der Waals surface area contributed by atoms with Gasteiger partial charge in [-0.3, -0.25) is 0 Å². The molecule has 6 heteroatoms. The van der Waals surface area contributed by atoms with Crippen molar-refractivity contribution < 1.29 is 13.5 Å². The number of alkyl halides is 2. The molecule has 0 aliphatic heterocycles. The number of nitrogen functional groups attached to an aromatic ring is 1. The molecule has 0 bridgehead atoms. The Hall–Kier alpha value is -1.04. The van der Waals surface area contributed by atoms with Crippen LogP contribution in [-0.2, 0) is 0 Å². The maximum atomic E-state index is 12.1. The Labute approximate surface area is 94.7 Å². The molecule has 0 unspecified atom stereocenters. The summed E-state index contributed by atoms with van der Waals surface area (Å²) >= 11 is 3.22. The lowest BCUT2D eigenvalue weighted by Crippen LogP contribution is -2.07. The Morgan fingerprint density at radius 1 is 1.53 bits per heavy atom. The van der Waals surface area contributed by atoms with Crippen molar-refractivity contribution in [2.75, 3.05) is 18.1 Å². The van der Waals surface area contributed by atoms with Gasteiger partial charge in [-0.15, -0.1) is 0 Å². The normalized spacial score (nSPS) is 10.5. The fourth-order valence-corrected chi connectivity index (χ4v) is 1.61. The second kappa shape index (κ2) is 4.65. The SMILES string of the molecule is CNc1c(OC(F)F)cc(Br)c(C)c1N. The highest BCUT2D eigenvalue weighted by Crippen LogP contribution is 2.38. The summed E-state index contributed by atoms with van der Waals surface area (Å²) in [6.45, 7) is -1.09. The lowest BCUT2D eigenvalue weighted by molar-refractivity contribution is -0.0493. The van der Waals surface area contributed by atoms with E-state index in [1.165, 1.54) is 6.07 Å². The monoisotopic (exact) mass is 280 g/mol. The number of nitrogens with two attached hydrogens (primary N) is 1. The van der Waals surface area contributed by atoms with Crippen LogP contribution in [0.5, 0.6) is 5.75 Å². The van der Waals surface area contributed by atoms with E-state index in [1.54, 1.807) is 14.0 Å². The van der Waals surface area contributed by atoms with Crippen molar-refractivity contribution in [3.8, 4) is 5.75 Å². The second-order valence-electron chi connectivity index (χ2n) is 2.90. The van der Waals surface area contributed by atoms with Gasteiger partial charge < -0.3 is 15.8 Å². The molecule has 1 aromatic rings. The van der Waals surface area contributed by atoms with E-state index in [2.05, 4.69) is 26.0 Å². The van der Waals surface area contributed by atoms with Gasteiger partial charge in [-0.05, 0) is 18.6 Å². The van der Waals surface area contributed by atoms with Gasteiger partial charge in [-0.2, -0.15) is 8.78 Å². The largest absolute Gasteiger partial charge is 0.432 e. The van der Waals surface area contributed by atoms with Crippen molar-refractivity contribution in [2.45, 2.75) is 13.5 Å². The average molecular weight is 281 g/mol. The molecule has 0 aliphatic carbocycles. The van der Waals surface area contributed by atoms with Crippen molar-refractivity contribution in [1.82, 2.24) is 0 Å². The van der Waals surface area contributed by atoms with Gasteiger partial charge in [0.25, 0.3) is 0 Å². The maximum Gasteiger partial charge on any atom is 0.387 e. The third kappa shape index (κ3) is 2.50. The van der Waals surface area contributed by atoms with Gasteiger partial charge >= 0.3 is 6.61 Å². The van der Waals surface area contributed by atoms with Crippen LogP contribution in [0.4, 0.5) is 20.2 Å². The first-order valence-electron chi connectivity index (χ1n) is 4.18. The molecule has 0 saturated carbocycles. The van der Waals surface area contributed by atoms with Crippen molar-refractivity contribution in [3.63, 3.8) is 0 Å². The minimum Gasteiger partial charge on any atom is -0.432 e. The van der Waals surface area contributed by atoms with Crippen molar-refractivity contribution in [3.05, 3.63) is 16.1 Å². The summed E-state index contributed by atoms with van der Waals surface area (Å²) in [5.74, 6) is 0.0301. The Balaban J connectivity index is 3.25. The zero-order chi connectivity index (χ0) is 11.6. The summed E-state index contributed by atoms with van der Waals surface area (Å²) in [6, 6.07) is 1.46. The van der Waals surface area contributed by atoms with Crippen LogP contribution in [0.2, 0.25) is 0 Å². The molecule has 1 aromatic carbocycles. The molecule has 0 amide bonds. The van der Waals surface area contributed by atoms with Crippen LogP contribution < -0.4 is 15.8 Å². The standard InChI is InChI=1S/C9H11BrF2N2O/c1-4-5(10)3-6(15-9(11)12)8(14-2)7(4)13/h3,9,14H,13H2,1-2H3. The van der Waals surface area contributed by atoms with Gasteiger partial charge in [0.15, 0.2) is 5.75 Å². The number of hydrogen-bond donors (Lipinski definition) is 2. The summed E-state index contributed by atoms with van der Waals surface area (Å²) in [4.78, 5) is 0. The van der Waals surface area contributed by atoms with E-state index < -0.39 is 6.61 Å². The maximum absolute atomic E-state index is 12.1. The number of anilines is 2. The predicted octanol–water partition coefficient (Wildman–Crippen LogP) is 2.98. The zero-order valence-electron chi connectivity index (χ0n) is 8.27. The third-order valence-electron chi connectivity index (χ3n) is 2.00. The average Bonchev–Trinajstić information content (AvgIpc) is 2.14. The summed E-state index contributed by atoms with van der Waals surface area (Å²) in [5.41, 5.74) is 7.29. The first-order valence-corrected chi connectivity index (χ1v) is 4.97. The van der Waals surface area contributed by atoms with Crippen LogP contribution in [0.25, 0.3) is 0 Å². The lowest BCUT2D eigenvalue weighted by Gasteiger charge is -2.15. The molecule has 0 fully saturated rings. The van der Waals surface area contributed by atoms with E-state index in [1.807, 2.05) is 0 Å². The van der Waals surface area contributed by atoms with Gasteiger partial charge in [-0.25, -0.2) is 0 Å². The van der Waals surface area contributed by atoms with Crippen molar-refractivity contribution in [1.29, 1.82) is 0 Å². The van der Waals surface area contributed by atoms with E-state index in [-0.39, 0.29) is 5.75 Å². The summed E-state index contributed by atoms with van der Waals surface area (Å²) in [6.07, 6.45) is 0. The molecular formula is C9H11BrF2N2O. The molecule has 0 radical (unpaired) electrons. The number of benzene rings is 1. The molecule has 3 nitrogen and oxygen atoms in total. The molecule has 0 aliphatic rings. The predicted molar refractivity (Wildman–Crippen MR) is 59.5 cm³/mol. The Morgan fingerprint density at radius 3 is 2.60 bits per heavy atom. The van der Waals surface area contributed by atoms with E-state index in [4.69, 9.17) is 5.73 Å². The number of halogens is 3. The highest BCUT2D eigenvalue weighted by Gasteiger charge is 2.15. The first kappa shape index (κ1) is 12.0. The van der Waals surface area contributed by atoms with E-state index in [0.29, 0.717) is 15.8 Å². The summed E-state index contributed by atoms with van der Waals surface area (Å²) < 4.78 is 29.2. The van der Waals surface area contributed by atoms with Crippen LogP contribution in [-0.4, -0.2) is 13.7 Å². The third-order valence-corrected chi connectivity index (χ3v) is 2.83. The Bertz CT molecular complexity index is 372. The fraction of sp³-hybridized carbons (Fsp3) is 0.333. The van der Waals surface area contributed by atoms with Gasteiger partial charge in [0.1, 0.15) is 5.69 Å². The summed E-state index contributed by atoms with van der Waals surface area (Å²) in [7, 11) is 1.59. The van der Waals surface area contributed by atoms with Crippen LogP contribution >= 0.6 is 15.9 Å². The first-order chi connectivity index (χ1) is 6.97. The van der Waals surface area contributed by atoms with Crippen molar-refractivity contribution >= 4 is 27.3 Å². The number of ether oxygens (including phenoxy) is 1. The van der Waals surface area contributed by atoms with E-state index in [9.17, 15) is 8.78 Å². The Morgan fingerprint density at radius 2 is 2.13 bits per heavy atom. The highest BCUT2D eigenvalue weighted by molar-refractivity contribution is 9.10. The van der Waals surface area contributed by atoms with E-state index in [0.717, 1.165) is 5.56 Å². The van der Waals surface area contributed by atoms with E-state index >= 15 is 0 Å². The number of nitrogens with one attached hydrogen (secondary N) is 1. The second-order valence-corrected chi connectivity index (χ2v) is 3.75. The molecule has 0 spiro atoms. The molecule has 1 rings (SSSR count). The number of hydrogen-bond acceptors (Lipinski definition) is 3. The number of rotatable bonds is 3. The summed E-state index contributed by atoms with van der Waals surface area (Å²) in [5, 5.41) is 2.73. The molecule has 3 N–H and O–H groups in total. The van der Waals surface area contributed by atoms with Crippen LogP contribution in [0, 0.1) is 6.92 Å². The quantitative estimate of drug-likeness (QED) is 0.837.